The molecule has 0 aromatic carbocycles. The van der Waals surface area contributed by atoms with Gasteiger partial charge in [-0.3, -0.25) is 4.79 Å². The highest BCUT2D eigenvalue weighted by Gasteiger charge is 2.28. The van der Waals surface area contributed by atoms with E-state index < -0.39 is 0 Å². The number of aliphatic hydroxyl groups is 1. The first-order valence-corrected chi connectivity index (χ1v) is 4.10. The summed E-state index contributed by atoms with van der Waals surface area (Å²) >= 11 is 0. The van der Waals surface area contributed by atoms with Crippen molar-refractivity contribution in [3.8, 4) is 0 Å². The summed E-state index contributed by atoms with van der Waals surface area (Å²) in [5.74, 6) is 0.424. The Balaban J connectivity index is 0.000000671. The lowest BCUT2D eigenvalue weighted by Crippen LogP contribution is -2.53. The molecule has 0 aromatic rings. The number of nitrogens with zero attached hydrogens (tertiary/aromatic N) is 1. The van der Waals surface area contributed by atoms with Crippen LogP contribution in [0, 0.1) is 5.92 Å². The normalized spacial score (nSPS) is 15.7. The first-order chi connectivity index (χ1) is 6.27. The number of aliphatic hydroxyl groups excluding tert-OH is 1. The molecule has 1 aliphatic heterocycles. The third-order valence-corrected chi connectivity index (χ3v) is 1.94. The fourth-order valence-electron chi connectivity index (χ4n) is 1.29. The van der Waals surface area contributed by atoms with Gasteiger partial charge in [0.25, 0.3) is 0 Å². The van der Waals surface area contributed by atoms with Crippen LogP contribution in [0.5, 0.6) is 0 Å². The van der Waals surface area contributed by atoms with Crippen molar-refractivity contribution in [1.82, 2.24) is 10.2 Å². The van der Waals surface area contributed by atoms with Crippen molar-refractivity contribution in [2.45, 2.75) is 0 Å². The minimum Gasteiger partial charge on any atom is -0.387 e. The summed E-state index contributed by atoms with van der Waals surface area (Å²) in [5, 5.41) is 11.5. The van der Waals surface area contributed by atoms with Crippen LogP contribution in [0.25, 0.3) is 0 Å². The number of rotatable bonds is 3. The molecule has 0 spiro atoms. The maximum Gasteiger partial charge on any atom is 0.248 e. The van der Waals surface area contributed by atoms with Gasteiger partial charge in [0, 0.05) is 25.6 Å². The Hall–Kier alpha value is -0.940. The van der Waals surface area contributed by atoms with Gasteiger partial charge in [-0.1, -0.05) is 0 Å². The molecule has 0 saturated carbocycles. The largest absolute Gasteiger partial charge is 0.387 e. The molecule has 0 bridgehead atoms. The second-order valence-corrected chi connectivity index (χ2v) is 2.88. The van der Waals surface area contributed by atoms with E-state index in [4.69, 9.17) is 9.90 Å². The summed E-state index contributed by atoms with van der Waals surface area (Å²) in [6.45, 7) is 4.18. The Morgan fingerprint density at radius 2 is 2.15 bits per heavy atom. The maximum absolute atomic E-state index is 10.8. The van der Waals surface area contributed by atoms with Gasteiger partial charge in [0.2, 0.25) is 5.91 Å². The highest BCUT2D eigenvalue weighted by atomic mass is 16.3. The van der Waals surface area contributed by atoms with Gasteiger partial charge in [-0.25, -0.2) is 0 Å². The lowest BCUT2D eigenvalue weighted by molar-refractivity contribution is -0.140. The van der Waals surface area contributed by atoms with Gasteiger partial charge in [-0.2, -0.15) is 0 Å². The summed E-state index contributed by atoms with van der Waals surface area (Å²) in [7, 11) is 1.90. The average molecular weight is 188 g/mol. The number of hydrogen-bond donors (Lipinski definition) is 2. The van der Waals surface area contributed by atoms with Crippen LogP contribution < -0.4 is 5.32 Å². The van der Waals surface area contributed by atoms with Gasteiger partial charge in [0.1, 0.15) is 13.4 Å². The molecule has 0 aromatic heterocycles. The number of carbonyl (C=O) groups excluding carboxylic acids is 2. The molecule has 1 amide bonds. The minimum atomic E-state index is -0.355. The van der Waals surface area contributed by atoms with E-state index in [2.05, 4.69) is 5.32 Å². The van der Waals surface area contributed by atoms with E-state index >= 15 is 0 Å². The molecule has 0 unspecified atom stereocenters. The fraction of sp³-hybridized carbons (Fsp3) is 0.750. The summed E-state index contributed by atoms with van der Waals surface area (Å²) in [4.78, 5) is 20.5. The van der Waals surface area contributed by atoms with Crippen molar-refractivity contribution < 1.29 is 14.7 Å². The van der Waals surface area contributed by atoms with Crippen molar-refractivity contribution in [1.29, 1.82) is 0 Å². The van der Waals surface area contributed by atoms with Gasteiger partial charge < -0.3 is 20.1 Å². The number of carbonyl (C=O) groups is 2. The standard InChI is InChI=1S/C7H14N2O2.CH2O/c1-8-2-6-3-9(4-6)7(11)5-10;1-2/h6,8,10H,2-5H2,1H3;1H2. The third-order valence-electron chi connectivity index (χ3n) is 1.94. The molecule has 0 radical (unpaired) electrons. The van der Waals surface area contributed by atoms with Gasteiger partial charge in [-0.05, 0) is 7.05 Å². The van der Waals surface area contributed by atoms with Crippen LogP contribution in [-0.2, 0) is 9.59 Å². The topological polar surface area (TPSA) is 69.6 Å². The predicted molar refractivity (Wildman–Crippen MR) is 48.2 cm³/mol. The Bertz CT molecular complexity index is 157. The molecule has 13 heavy (non-hydrogen) atoms. The van der Waals surface area contributed by atoms with Crippen LogP contribution in [0.1, 0.15) is 0 Å². The molecule has 5 nitrogen and oxygen atoms in total. The van der Waals surface area contributed by atoms with E-state index in [9.17, 15) is 4.79 Å². The minimum absolute atomic E-state index is 0.155. The van der Waals surface area contributed by atoms with E-state index in [1.165, 1.54) is 0 Å². The van der Waals surface area contributed by atoms with Crippen molar-refractivity contribution >= 4 is 12.7 Å². The molecule has 0 aliphatic carbocycles. The van der Waals surface area contributed by atoms with E-state index in [1.807, 2.05) is 13.8 Å². The van der Waals surface area contributed by atoms with Crippen LogP contribution >= 0.6 is 0 Å². The van der Waals surface area contributed by atoms with Gasteiger partial charge in [-0.15, -0.1) is 0 Å². The lowest BCUT2D eigenvalue weighted by Gasteiger charge is -2.38. The zero-order valence-electron chi connectivity index (χ0n) is 7.82. The molecule has 1 aliphatic rings. The van der Waals surface area contributed by atoms with Crippen LogP contribution in [0.3, 0.4) is 0 Å². The molecule has 1 saturated heterocycles. The quantitative estimate of drug-likeness (QED) is 0.564. The zero-order valence-corrected chi connectivity index (χ0v) is 7.82. The van der Waals surface area contributed by atoms with Crippen molar-refractivity contribution in [3.63, 3.8) is 0 Å². The van der Waals surface area contributed by atoms with Crippen LogP contribution in [0.4, 0.5) is 0 Å². The lowest BCUT2D eigenvalue weighted by atomic mass is 10.0. The zero-order chi connectivity index (χ0) is 10.3. The van der Waals surface area contributed by atoms with Crippen LogP contribution in [-0.4, -0.2) is 56.0 Å². The second kappa shape index (κ2) is 6.56. The Morgan fingerprint density at radius 3 is 2.54 bits per heavy atom. The summed E-state index contributed by atoms with van der Waals surface area (Å²) in [6, 6.07) is 0. The Kier molecular flexibility index (Phi) is 6.09. The van der Waals surface area contributed by atoms with Crippen molar-refractivity contribution in [3.05, 3.63) is 0 Å². The van der Waals surface area contributed by atoms with Gasteiger partial charge >= 0.3 is 0 Å². The molecule has 1 rings (SSSR count). The number of nitrogens with one attached hydrogen (secondary N) is 1. The SMILES string of the molecule is C=O.CNCC1CN(C(=O)CO)C1. The highest BCUT2D eigenvalue weighted by molar-refractivity contribution is 5.77. The Labute approximate surface area is 77.7 Å². The molecule has 2 N–H and O–H groups in total. The maximum atomic E-state index is 10.8. The smallest absolute Gasteiger partial charge is 0.248 e. The van der Waals surface area contributed by atoms with Crippen LogP contribution in [0.2, 0.25) is 0 Å². The highest BCUT2D eigenvalue weighted by Crippen LogP contribution is 2.13. The van der Waals surface area contributed by atoms with Crippen molar-refractivity contribution in [2.24, 2.45) is 5.92 Å². The summed E-state index contributed by atoms with van der Waals surface area (Å²) in [6.07, 6.45) is 0. The molecule has 76 valence electrons. The summed E-state index contributed by atoms with van der Waals surface area (Å²) in [5.41, 5.74) is 0. The van der Waals surface area contributed by atoms with Crippen molar-refractivity contribution in [2.75, 3.05) is 33.3 Å². The Morgan fingerprint density at radius 1 is 1.62 bits per heavy atom. The van der Waals surface area contributed by atoms with Gasteiger partial charge in [0.05, 0.1) is 0 Å². The number of likely N-dealkylation sites (tertiary alicyclic amines) is 1. The first-order valence-electron chi connectivity index (χ1n) is 4.10. The molecular weight excluding hydrogens is 172 g/mol. The van der Waals surface area contributed by atoms with E-state index in [0.717, 1.165) is 19.6 Å². The monoisotopic (exact) mass is 188 g/mol. The predicted octanol–water partition coefficient (Wildman–Crippen LogP) is -1.53. The number of hydrogen-bond acceptors (Lipinski definition) is 4. The van der Waals surface area contributed by atoms with Gasteiger partial charge in [0.15, 0.2) is 0 Å². The molecule has 1 fully saturated rings. The van der Waals surface area contributed by atoms with E-state index in [0.29, 0.717) is 5.92 Å². The van der Waals surface area contributed by atoms with E-state index in [1.54, 1.807) is 4.90 Å². The molecule has 0 atom stereocenters. The van der Waals surface area contributed by atoms with E-state index in [-0.39, 0.29) is 12.5 Å². The third kappa shape index (κ3) is 3.52. The number of amides is 1. The fourth-order valence-corrected chi connectivity index (χ4v) is 1.29. The molecular formula is C8H16N2O3. The van der Waals surface area contributed by atoms with Crippen LogP contribution in [0.15, 0.2) is 0 Å². The molecule has 1 heterocycles. The average Bonchev–Trinajstić information content (AvgIpc) is 2.13. The molecule has 5 heteroatoms. The second-order valence-electron chi connectivity index (χ2n) is 2.88. The first kappa shape index (κ1) is 12.1. The summed E-state index contributed by atoms with van der Waals surface area (Å²) < 4.78 is 0.